The number of aromatic hydroxyl groups is 1. The molecule has 30 heavy (non-hydrogen) atoms. The number of anilines is 1. The molecule has 0 aromatic heterocycles. The summed E-state index contributed by atoms with van der Waals surface area (Å²) in [5, 5.41) is 15.8. The molecule has 3 heterocycles. The number of rotatable bonds is 5. The van der Waals surface area contributed by atoms with Crippen LogP contribution < -0.4 is 10.6 Å². The molecule has 0 unspecified atom stereocenters. The Morgan fingerprint density at radius 1 is 1.10 bits per heavy atom. The summed E-state index contributed by atoms with van der Waals surface area (Å²) in [6.45, 7) is 5.93. The van der Waals surface area contributed by atoms with Crippen molar-refractivity contribution in [2.75, 3.05) is 18.4 Å². The maximum Gasteiger partial charge on any atom is 0.251 e. The molecule has 2 bridgehead atoms. The summed E-state index contributed by atoms with van der Waals surface area (Å²) < 4.78 is 0. The fourth-order valence-corrected chi connectivity index (χ4v) is 5.40. The van der Waals surface area contributed by atoms with Crippen LogP contribution >= 0.6 is 11.8 Å². The van der Waals surface area contributed by atoms with Crippen LogP contribution in [-0.4, -0.2) is 47.0 Å². The zero-order valence-corrected chi connectivity index (χ0v) is 18.0. The SMILES string of the molecule is CC(=O)Nc1ccc(O)cc1Sc1ccc(C(=O)N[C@@H]2C3CCN(CC3)[C@H]2C)cc1. The summed E-state index contributed by atoms with van der Waals surface area (Å²) in [4.78, 5) is 28.4. The van der Waals surface area contributed by atoms with Crippen molar-refractivity contribution in [1.29, 1.82) is 0 Å². The van der Waals surface area contributed by atoms with Gasteiger partial charge in [-0.2, -0.15) is 0 Å². The van der Waals surface area contributed by atoms with Gasteiger partial charge in [-0.25, -0.2) is 0 Å². The van der Waals surface area contributed by atoms with Gasteiger partial charge in [-0.3, -0.25) is 14.5 Å². The topological polar surface area (TPSA) is 81.7 Å². The van der Waals surface area contributed by atoms with Crippen molar-refractivity contribution in [1.82, 2.24) is 10.2 Å². The van der Waals surface area contributed by atoms with E-state index in [1.807, 2.05) is 24.3 Å². The van der Waals surface area contributed by atoms with Gasteiger partial charge in [0.05, 0.1) is 5.69 Å². The molecule has 0 aliphatic carbocycles. The first-order valence-electron chi connectivity index (χ1n) is 10.3. The van der Waals surface area contributed by atoms with E-state index in [-0.39, 0.29) is 23.6 Å². The molecule has 3 aliphatic rings. The highest BCUT2D eigenvalue weighted by Crippen LogP contribution is 2.36. The number of nitrogens with one attached hydrogen (secondary N) is 2. The molecule has 158 valence electrons. The number of benzene rings is 2. The van der Waals surface area contributed by atoms with Crippen LogP contribution in [0.5, 0.6) is 5.75 Å². The van der Waals surface area contributed by atoms with Gasteiger partial charge in [-0.05, 0) is 81.2 Å². The molecule has 0 saturated carbocycles. The van der Waals surface area contributed by atoms with E-state index >= 15 is 0 Å². The fraction of sp³-hybridized carbons (Fsp3) is 0.391. The van der Waals surface area contributed by atoms with Gasteiger partial charge in [0.2, 0.25) is 5.91 Å². The molecule has 2 aromatic carbocycles. The molecule has 3 fully saturated rings. The Balaban J connectivity index is 1.44. The molecule has 5 rings (SSSR count). The number of phenolic OH excluding ortho intramolecular Hbond substituents is 1. The zero-order chi connectivity index (χ0) is 21.3. The average Bonchev–Trinajstić information content (AvgIpc) is 2.73. The lowest BCUT2D eigenvalue weighted by atomic mass is 9.79. The molecule has 0 radical (unpaired) electrons. The number of carbonyl (C=O) groups excluding carboxylic acids is 2. The molecule has 2 atom stereocenters. The third-order valence-corrected chi connectivity index (χ3v) is 7.16. The van der Waals surface area contributed by atoms with Gasteiger partial charge in [0.1, 0.15) is 5.75 Å². The van der Waals surface area contributed by atoms with Gasteiger partial charge in [-0.15, -0.1) is 0 Å². The van der Waals surface area contributed by atoms with Crippen molar-refractivity contribution in [3.8, 4) is 5.75 Å². The van der Waals surface area contributed by atoms with Crippen LogP contribution in [0.1, 0.15) is 37.0 Å². The van der Waals surface area contributed by atoms with Crippen LogP contribution in [0.25, 0.3) is 0 Å². The highest BCUT2D eigenvalue weighted by molar-refractivity contribution is 7.99. The standard InChI is InChI=1S/C23H27N3O3S/c1-14-22(16-9-11-26(14)12-10-16)25-23(29)17-3-6-19(7-4-17)30-21-13-18(28)5-8-20(21)24-15(2)27/h3-8,13-14,16,22,28H,9-12H2,1-2H3,(H,24,27)(H,25,29)/t14-,22-/m0/s1. The van der Waals surface area contributed by atoms with Crippen LogP contribution in [0.15, 0.2) is 52.3 Å². The van der Waals surface area contributed by atoms with Gasteiger partial charge < -0.3 is 15.7 Å². The summed E-state index contributed by atoms with van der Waals surface area (Å²) in [5.74, 6) is 0.501. The maximum absolute atomic E-state index is 12.8. The van der Waals surface area contributed by atoms with E-state index in [9.17, 15) is 14.7 Å². The molecule has 3 aliphatic heterocycles. The predicted molar refractivity (Wildman–Crippen MR) is 118 cm³/mol. The second-order valence-electron chi connectivity index (χ2n) is 8.10. The van der Waals surface area contributed by atoms with Crippen molar-refractivity contribution in [3.63, 3.8) is 0 Å². The number of phenols is 1. The number of hydrogen-bond acceptors (Lipinski definition) is 5. The fourth-order valence-electron chi connectivity index (χ4n) is 4.47. The van der Waals surface area contributed by atoms with Gasteiger partial charge in [0.15, 0.2) is 0 Å². The highest BCUT2D eigenvalue weighted by atomic mass is 32.2. The monoisotopic (exact) mass is 425 g/mol. The Kier molecular flexibility index (Phi) is 6.01. The first-order chi connectivity index (χ1) is 14.4. The minimum atomic E-state index is -0.170. The van der Waals surface area contributed by atoms with Gasteiger partial charge >= 0.3 is 0 Å². The number of nitrogens with zero attached hydrogens (tertiary/aromatic N) is 1. The van der Waals surface area contributed by atoms with Gasteiger partial charge in [0.25, 0.3) is 5.91 Å². The summed E-state index contributed by atoms with van der Waals surface area (Å²) in [5.41, 5.74) is 1.28. The van der Waals surface area contributed by atoms with Crippen LogP contribution in [0, 0.1) is 5.92 Å². The first-order valence-corrected chi connectivity index (χ1v) is 11.2. The molecule has 6 nitrogen and oxygen atoms in total. The average molecular weight is 426 g/mol. The van der Waals surface area contributed by atoms with Crippen LogP contribution in [-0.2, 0) is 4.79 Å². The summed E-state index contributed by atoms with van der Waals surface area (Å²) in [6.07, 6.45) is 2.32. The van der Waals surface area contributed by atoms with Crippen molar-refractivity contribution >= 4 is 29.3 Å². The van der Waals surface area contributed by atoms with E-state index in [0.29, 0.717) is 23.2 Å². The van der Waals surface area contributed by atoms with E-state index in [0.717, 1.165) is 35.7 Å². The number of carbonyl (C=O) groups is 2. The van der Waals surface area contributed by atoms with E-state index in [1.165, 1.54) is 24.8 Å². The summed E-state index contributed by atoms with van der Waals surface area (Å²) >= 11 is 1.42. The quantitative estimate of drug-likeness (QED) is 0.636. The molecular formula is C23H27N3O3S. The second kappa shape index (κ2) is 8.70. The van der Waals surface area contributed by atoms with Crippen molar-refractivity contribution in [2.45, 2.75) is 48.6 Å². The van der Waals surface area contributed by atoms with E-state index in [1.54, 1.807) is 12.1 Å². The molecule has 3 saturated heterocycles. The Labute approximate surface area is 181 Å². The summed E-state index contributed by atoms with van der Waals surface area (Å²) in [6, 6.07) is 12.9. The number of hydrogen-bond donors (Lipinski definition) is 3. The maximum atomic E-state index is 12.8. The lowest BCUT2D eigenvalue weighted by Crippen LogP contribution is -2.62. The molecule has 2 amide bonds. The van der Waals surface area contributed by atoms with Crippen LogP contribution in [0.4, 0.5) is 5.69 Å². The van der Waals surface area contributed by atoms with Crippen LogP contribution in [0.3, 0.4) is 0 Å². The van der Waals surface area contributed by atoms with Crippen molar-refractivity contribution in [2.24, 2.45) is 5.92 Å². The largest absolute Gasteiger partial charge is 0.508 e. The van der Waals surface area contributed by atoms with Crippen molar-refractivity contribution < 1.29 is 14.7 Å². The minimum absolute atomic E-state index is 0.0339. The van der Waals surface area contributed by atoms with E-state index in [2.05, 4.69) is 22.5 Å². The van der Waals surface area contributed by atoms with Gasteiger partial charge in [0, 0.05) is 34.4 Å². The Hall–Kier alpha value is -2.51. The lowest BCUT2D eigenvalue weighted by molar-refractivity contribution is -0.114. The molecule has 2 aromatic rings. The third-order valence-electron chi connectivity index (χ3n) is 6.10. The van der Waals surface area contributed by atoms with E-state index < -0.39 is 0 Å². The second-order valence-corrected chi connectivity index (χ2v) is 9.22. The smallest absolute Gasteiger partial charge is 0.251 e. The zero-order valence-electron chi connectivity index (χ0n) is 17.2. The molecule has 3 N–H and O–H groups in total. The molecule has 0 spiro atoms. The minimum Gasteiger partial charge on any atom is -0.508 e. The Bertz CT molecular complexity index is 937. The summed E-state index contributed by atoms with van der Waals surface area (Å²) in [7, 11) is 0. The molecular weight excluding hydrogens is 398 g/mol. The van der Waals surface area contributed by atoms with Crippen LogP contribution in [0.2, 0.25) is 0 Å². The first kappa shape index (κ1) is 20.8. The normalized spacial score (nSPS) is 25.0. The number of fused-ring (bicyclic) bond motifs is 3. The number of amides is 2. The molecule has 7 heteroatoms. The van der Waals surface area contributed by atoms with E-state index in [4.69, 9.17) is 0 Å². The van der Waals surface area contributed by atoms with Gasteiger partial charge in [-0.1, -0.05) is 11.8 Å². The van der Waals surface area contributed by atoms with Crippen molar-refractivity contribution in [3.05, 3.63) is 48.0 Å². The third kappa shape index (κ3) is 4.47. The lowest BCUT2D eigenvalue weighted by Gasteiger charge is -2.49. The number of piperidine rings is 3. The Morgan fingerprint density at radius 3 is 2.43 bits per heavy atom. The Morgan fingerprint density at radius 2 is 1.80 bits per heavy atom. The highest BCUT2D eigenvalue weighted by Gasteiger charge is 2.40. The predicted octanol–water partition coefficient (Wildman–Crippen LogP) is 3.71.